The van der Waals surface area contributed by atoms with E-state index in [0.29, 0.717) is 12.1 Å². The predicted molar refractivity (Wildman–Crippen MR) is 132 cm³/mol. The molecule has 2 aromatic rings. The van der Waals surface area contributed by atoms with Gasteiger partial charge >= 0.3 is 6.03 Å². The standard InChI is InChI=1S/C26H34N4O3/c1-6-18(4)27-25(32)21-14-19(5)30(23-10-8-7-9-20(21)23)15-24(31)29-26(33)28-22-12-11-16(2)13-17(22)3/h7-13,18-19,21H,6,14-15H2,1-5H3,(H,27,32)(H2,28,29,31,33). The van der Waals surface area contributed by atoms with Crippen LogP contribution in [0.2, 0.25) is 0 Å². The van der Waals surface area contributed by atoms with Crippen LogP contribution in [0.1, 0.15) is 56.2 Å². The third kappa shape index (κ3) is 5.92. The van der Waals surface area contributed by atoms with Gasteiger partial charge in [0, 0.05) is 23.5 Å². The van der Waals surface area contributed by atoms with Gasteiger partial charge in [0.25, 0.3) is 0 Å². The average Bonchev–Trinajstić information content (AvgIpc) is 2.77. The van der Waals surface area contributed by atoms with E-state index in [1.807, 2.05) is 82.0 Å². The molecule has 4 amide bonds. The molecule has 7 heteroatoms. The number of carbonyl (C=O) groups is 3. The first-order chi connectivity index (χ1) is 15.7. The van der Waals surface area contributed by atoms with Gasteiger partial charge in [0.15, 0.2) is 0 Å². The Balaban J connectivity index is 1.69. The van der Waals surface area contributed by atoms with Crippen LogP contribution in [0.4, 0.5) is 16.2 Å². The number of para-hydroxylation sites is 1. The lowest BCUT2D eigenvalue weighted by atomic mass is 9.85. The van der Waals surface area contributed by atoms with Crippen LogP contribution in [-0.2, 0) is 9.59 Å². The Kier molecular flexibility index (Phi) is 7.74. The summed E-state index contributed by atoms with van der Waals surface area (Å²) < 4.78 is 0. The summed E-state index contributed by atoms with van der Waals surface area (Å²) >= 11 is 0. The van der Waals surface area contributed by atoms with Crippen molar-refractivity contribution in [2.75, 3.05) is 16.8 Å². The Bertz CT molecular complexity index is 1040. The van der Waals surface area contributed by atoms with Crippen LogP contribution in [0.5, 0.6) is 0 Å². The van der Waals surface area contributed by atoms with Gasteiger partial charge in [0.2, 0.25) is 11.8 Å². The van der Waals surface area contributed by atoms with Crippen LogP contribution in [0.25, 0.3) is 0 Å². The number of imide groups is 1. The molecule has 2 aromatic carbocycles. The Morgan fingerprint density at radius 2 is 1.85 bits per heavy atom. The van der Waals surface area contributed by atoms with E-state index < -0.39 is 11.9 Å². The summed E-state index contributed by atoms with van der Waals surface area (Å²) in [4.78, 5) is 40.0. The van der Waals surface area contributed by atoms with Crippen LogP contribution in [0.3, 0.4) is 0 Å². The number of amides is 4. The molecule has 176 valence electrons. The number of rotatable bonds is 6. The number of nitrogens with zero attached hydrogens (tertiary/aromatic N) is 1. The summed E-state index contributed by atoms with van der Waals surface area (Å²) in [7, 11) is 0. The quantitative estimate of drug-likeness (QED) is 0.614. The van der Waals surface area contributed by atoms with Crippen LogP contribution in [0, 0.1) is 13.8 Å². The van der Waals surface area contributed by atoms with Crippen molar-refractivity contribution in [3.63, 3.8) is 0 Å². The van der Waals surface area contributed by atoms with Gasteiger partial charge in [-0.15, -0.1) is 0 Å². The van der Waals surface area contributed by atoms with Crippen molar-refractivity contribution in [2.45, 2.75) is 65.5 Å². The minimum absolute atomic E-state index is 0.0144. The van der Waals surface area contributed by atoms with Gasteiger partial charge in [-0.3, -0.25) is 14.9 Å². The third-order valence-electron chi connectivity index (χ3n) is 6.25. The molecule has 0 aromatic heterocycles. The van der Waals surface area contributed by atoms with E-state index in [9.17, 15) is 14.4 Å². The number of hydrogen-bond donors (Lipinski definition) is 3. The van der Waals surface area contributed by atoms with Crippen molar-refractivity contribution < 1.29 is 14.4 Å². The normalized spacial score (nSPS) is 18.2. The number of nitrogens with one attached hydrogen (secondary N) is 3. The largest absolute Gasteiger partial charge is 0.359 e. The van der Waals surface area contributed by atoms with Crippen LogP contribution in [0.15, 0.2) is 42.5 Å². The molecule has 3 N–H and O–H groups in total. The van der Waals surface area contributed by atoms with E-state index >= 15 is 0 Å². The number of benzene rings is 2. The second-order valence-corrected chi connectivity index (χ2v) is 8.96. The molecule has 1 heterocycles. The number of aryl methyl sites for hydroxylation is 2. The third-order valence-corrected chi connectivity index (χ3v) is 6.25. The Morgan fingerprint density at radius 3 is 2.55 bits per heavy atom. The Hall–Kier alpha value is -3.35. The molecule has 1 aliphatic rings. The van der Waals surface area contributed by atoms with E-state index in [1.165, 1.54) is 0 Å². The maximum Gasteiger partial charge on any atom is 0.325 e. The predicted octanol–water partition coefficient (Wildman–Crippen LogP) is 4.25. The maximum atomic E-state index is 12.9. The molecule has 3 atom stereocenters. The van der Waals surface area contributed by atoms with Gasteiger partial charge < -0.3 is 15.5 Å². The van der Waals surface area contributed by atoms with Crippen molar-refractivity contribution >= 4 is 29.2 Å². The summed E-state index contributed by atoms with van der Waals surface area (Å²) in [6, 6.07) is 12.9. The van der Waals surface area contributed by atoms with Gasteiger partial charge in [0.1, 0.15) is 0 Å². The molecule has 3 unspecified atom stereocenters. The summed E-state index contributed by atoms with van der Waals surface area (Å²) in [5.41, 5.74) is 4.45. The number of hydrogen-bond acceptors (Lipinski definition) is 4. The fourth-order valence-electron chi connectivity index (χ4n) is 4.24. The lowest BCUT2D eigenvalue weighted by Gasteiger charge is -2.40. The van der Waals surface area contributed by atoms with Gasteiger partial charge in [-0.2, -0.15) is 0 Å². The Morgan fingerprint density at radius 1 is 1.12 bits per heavy atom. The lowest BCUT2D eigenvalue weighted by Crippen LogP contribution is -2.49. The highest BCUT2D eigenvalue weighted by Crippen LogP contribution is 2.38. The van der Waals surface area contributed by atoms with E-state index in [2.05, 4.69) is 16.0 Å². The molecular weight excluding hydrogens is 416 g/mol. The van der Waals surface area contributed by atoms with Crippen molar-refractivity contribution in [1.82, 2.24) is 10.6 Å². The van der Waals surface area contributed by atoms with Gasteiger partial charge in [-0.1, -0.05) is 42.8 Å². The molecule has 0 saturated carbocycles. The highest BCUT2D eigenvalue weighted by atomic mass is 16.2. The second kappa shape index (κ2) is 10.5. The zero-order chi connectivity index (χ0) is 24.1. The van der Waals surface area contributed by atoms with Crippen LogP contribution in [-0.4, -0.2) is 36.5 Å². The Labute approximate surface area is 195 Å². The number of carbonyl (C=O) groups excluding carboxylic acids is 3. The van der Waals surface area contributed by atoms with Gasteiger partial charge in [-0.25, -0.2) is 4.79 Å². The number of urea groups is 1. The molecule has 0 aliphatic carbocycles. The number of anilines is 2. The van der Waals surface area contributed by atoms with E-state index in [-0.39, 0.29) is 30.5 Å². The van der Waals surface area contributed by atoms with Crippen molar-refractivity contribution in [3.05, 3.63) is 59.2 Å². The first-order valence-corrected chi connectivity index (χ1v) is 11.5. The van der Waals surface area contributed by atoms with Crippen LogP contribution >= 0.6 is 0 Å². The minimum atomic E-state index is -0.560. The highest BCUT2D eigenvalue weighted by molar-refractivity contribution is 6.03. The first-order valence-electron chi connectivity index (χ1n) is 11.5. The summed E-state index contributed by atoms with van der Waals surface area (Å²) in [5.74, 6) is -0.653. The molecule has 0 bridgehead atoms. The summed E-state index contributed by atoms with van der Waals surface area (Å²) in [6.07, 6.45) is 1.47. The van der Waals surface area contributed by atoms with Gasteiger partial charge in [-0.05, 0) is 63.8 Å². The van der Waals surface area contributed by atoms with Crippen molar-refractivity contribution in [3.8, 4) is 0 Å². The van der Waals surface area contributed by atoms with E-state index in [0.717, 1.165) is 28.8 Å². The monoisotopic (exact) mass is 450 g/mol. The molecule has 0 saturated heterocycles. The first kappa shape index (κ1) is 24.3. The fourth-order valence-corrected chi connectivity index (χ4v) is 4.24. The maximum absolute atomic E-state index is 12.9. The molecule has 0 spiro atoms. The molecule has 0 radical (unpaired) electrons. The molecule has 7 nitrogen and oxygen atoms in total. The molecule has 3 rings (SSSR count). The SMILES string of the molecule is CCC(C)NC(=O)C1CC(C)N(CC(=O)NC(=O)Nc2ccc(C)cc2C)c2ccccc21. The second-order valence-electron chi connectivity index (χ2n) is 8.96. The molecule has 1 aliphatic heterocycles. The molecular formula is C26H34N4O3. The zero-order valence-electron chi connectivity index (χ0n) is 20.1. The zero-order valence-corrected chi connectivity index (χ0v) is 20.1. The average molecular weight is 451 g/mol. The smallest absolute Gasteiger partial charge is 0.325 e. The van der Waals surface area contributed by atoms with E-state index in [4.69, 9.17) is 0 Å². The van der Waals surface area contributed by atoms with Crippen molar-refractivity contribution in [1.29, 1.82) is 0 Å². The van der Waals surface area contributed by atoms with E-state index in [1.54, 1.807) is 0 Å². The van der Waals surface area contributed by atoms with Crippen molar-refractivity contribution in [2.24, 2.45) is 0 Å². The minimum Gasteiger partial charge on any atom is -0.359 e. The molecule has 33 heavy (non-hydrogen) atoms. The van der Waals surface area contributed by atoms with Crippen LogP contribution < -0.4 is 20.9 Å². The summed E-state index contributed by atoms with van der Waals surface area (Å²) in [6.45, 7) is 9.96. The number of fused-ring (bicyclic) bond motifs is 1. The topological polar surface area (TPSA) is 90.5 Å². The highest BCUT2D eigenvalue weighted by Gasteiger charge is 2.35. The molecule has 0 fully saturated rings. The summed E-state index contributed by atoms with van der Waals surface area (Å²) in [5, 5.41) is 8.25. The fraction of sp³-hybridized carbons (Fsp3) is 0.423. The lowest BCUT2D eigenvalue weighted by molar-refractivity contribution is -0.123. The van der Waals surface area contributed by atoms with Gasteiger partial charge in [0.05, 0.1) is 12.5 Å².